The Labute approximate surface area is 178 Å². The standard InChI is InChI=1S/C24H18ClFN2O2/c25-19-13-15(9-10-20(19)26)27-23(29)21-17-7-3-4-8-18(17)24(30)28-12-11-14-5-1-2-6-16(14)22(21)28/h1-10,13,21-22H,11-12H2,(H,27,29)/t21-,22+/m0/s1. The highest BCUT2D eigenvalue weighted by molar-refractivity contribution is 6.31. The number of hydrogen-bond donors (Lipinski definition) is 1. The third-order valence-electron chi connectivity index (χ3n) is 5.90. The first kappa shape index (κ1) is 18.8. The largest absolute Gasteiger partial charge is 0.330 e. The molecule has 0 bridgehead atoms. The van der Waals surface area contributed by atoms with E-state index >= 15 is 0 Å². The molecule has 5 rings (SSSR count). The summed E-state index contributed by atoms with van der Waals surface area (Å²) in [6, 6.07) is 18.9. The summed E-state index contributed by atoms with van der Waals surface area (Å²) in [6.07, 6.45) is 0.752. The number of rotatable bonds is 2. The van der Waals surface area contributed by atoms with E-state index in [1.807, 2.05) is 42.5 Å². The van der Waals surface area contributed by atoms with Crippen LogP contribution in [0.3, 0.4) is 0 Å². The van der Waals surface area contributed by atoms with E-state index in [-0.39, 0.29) is 16.8 Å². The molecule has 2 atom stereocenters. The van der Waals surface area contributed by atoms with Crippen molar-refractivity contribution >= 4 is 29.1 Å². The maximum atomic E-state index is 13.5. The summed E-state index contributed by atoms with van der Waals surface area (Å²) >= 11 is 5.88. The van der Waals surface area contributed by atoms with Gasteiger partial charge in [-0.15, -0.1) is 0 Å². The second-order valence-corrected chi connectivity index (χ2v) is 7.98. The Morgan fingerprint density at radius 3 is 2.57 bits per heavy atom. The molecule has 0 radical (unpaired) electrons. The molecule has 0 aliphatic carbocycles. The Balaban J connectivity index is 1.62. The van der Waals surface area contributed by atoms with E-state index < -0.39 is 17.8 Å². The number of anilines is 1. The second kappa shape index (κ2) is 7.26. The van der Waals surface area contributed by atoms with Crippen LogP contribution in [0.1, 0.15) is 39.0 Å². The van der Waals surface area contributed by atoms with E-state index in [0.29, 0.717) is 23.4 Å². The van der Waals surface area contributed by atoms with E-state index in [1.54, 1.807) is 11.0 Å². The predicted molar refractivity (Wildman–Crippen MR) is 113 cm³/mol. The fourth-order valence-electron chi connectivity index (χ4n) is 4.55. The lowest BCUT2D eigenvalue weighted by Crippen LogP contribution is -2.49. The summed E-state index contributed by atoms with van der Waals surface area (Å²) in [5.74, 6) is -1.46. The summed E-state index contributed by atoms with van der Waals surface area (Å²) in [4.78, 5) is 28.5. The highest BCUT2D eigenvalue weighted by atomic mass is 35.5. The molecule has 2 amide bonds. The topological polar surface area (TPSA) is 49.4 Å². The molecule has 6 heteroatoms. The zero-order valence-corrected chi connectivity index (χ0v) is 16.7. The smallest absolute Gasteiger partial charge is 0.254 e. The maximum absolute atomic E-state index is 13.5. The van der Waals surface area contributed by atoms with Crippen molar-refractivity contribution in [1.82, 2.24) is 4.90 Å². The van der Waals surface area contributed by atoms with Crippen LogP contribution in [-0.2, 0) is 11.2 Å². The Kier molecular flexibility index (Phi) is 4.55. The van der Waals surface area contributed by atoms with Crippen LogP contribution in [-0.4, -0.2) is 23.3 Å². The Bertz CT molecular complexity index is 1180. The van der Waals surface area contributed by atoms with Crippen LogP contribution < -0.4 is 5.32 Å². The minimum absolute atomic E-state index is 0.0565. The fourth-order valence-corrected chi connectivity index (χ4v) is 4.73. The molecule has 3 aromatic carbocycles. The van der Waals surface area contributed by atoms with Crippen molar-refractivity contribution in [3.63, 3.8) is 0 Å². The summed E-state index contributed by atoms with van der Waals surface area (Å²) < 4.78 is 13.5. The van der Waals surface area contributed by atoms with Crippen LogP contribution in [0.25, 0.3) is 0 Å². The quantitative estimate of drug-likeness (QED) is 0.637. The molecule has 150 valence electrons. The molecule has 2 heterocycles. The number of nitrogens with one attached hydrogen (secondary N) is 1. The lowest BCUT2D eigenvalue weighted by Gasteiger charge is -2.45. The van der Waals surface area contributed by atoms with Crippen molar-refractivity contribution in [2.75, 3.05) is 11.9 Å². The van der Waals surface area contributed by atoms with Crippen LogP contribution >= 0.6 is 11.6 Å². The average molecular weight is 421 g/mol. The van der Waals surface area contributed by atoms with Gasteiger partial charge in [-0.05, 0) is 47.4 Å². The fraction of sp³-hybridized carbons (Fsp3) is 0.167. The van der Waals surface area contributed by atoms with Gasteiger partial charge in [0, 0.05) is 17.8 Å². The van der Waals surface area contributed by atoms with Crippen LogP contribution in [0.2, 0.25) is 5.02 Å². The summed E-state index contributed by atoms with van der Waals surface area (Å²) in [5.41, 5.74) is 3.80. The number of nitrogens with zero attached hydrogens (tertiary/aromatic N) is 1. The van der Waals surface area contributed by atoms with Gasteiger partial charge in [0.1, 0.15) is 5.82 Å². The number of halogens is 2. The third kappa shape index (κ3) is 2.97. The van der Waals surface area contributed by atoms with Gasteiger partial charge in [-0.2, -0.15) is 0 Å². The van der Waals surface area contributed by atoms with Gasteiger partial charge in [0.05, 0.1) is 17.0 Å². The van der Waals surface area contributed by atoms with E-state index in [9.17, 15) is 14.0 Å². The van der Waals surface area contributed by atoms with Gasteiger partial charge >= 0.3 is 0 Å². The Morgan fingerprint density at radius 2 is 1.77 bits per heavy atom. The van der Waals surface area contributed by atoms with Gasteiger partial charge in [0.2, 0.25) is 5.91 Å². The molecule has 0 aromatic heterocycles. The van der Waals surface area contributed by atoms with Gasteiger partial charge in [-0.3, -0.25) is 9.59 Å². The van der Waals surface area contributed by atoms with Gasteiger partial charge in [0.15, 0.2) is 0 Å². The van der Waals surface area contributed by atoms with Gasteiger partial charge < -0.3 is 10.2 Å². The van der Waals surface area contributed by atoms with E-state index in [1.165, 1.54) is 18.2 Å². The number of benzene rings is 3. The normalized spacial score (nSPS) is 19.5. The molecule has 0 spiro atoms. The molecule has 4 nitrogen and oxygen atoms in total. The lowest BCUT2D eigenvalue weighted by atomic mass is 9.76. The molecular formula is C24H18ClFN2O2. The first-order valence-corrected chi connectivity index (χ1v) is 10.2. The number of carbonyl (C=O) groups excluding carboxylic acids is 2. The van der Waals surface area contributed by atoms with Crippen LogP contribution in [0.15, 0.2) is 66.7 Å². The molecule has 2 aliphatic rings. The lowest BCUT2D eigenvalue weighted by molar-refractivity contribution is -0.119. The number of hydrogen-bond acceptors (Lipinski definition) is 2. The van der Waals surface area contributed by atoms with Crippen LogP contribution in [0.4, 0.5) is 10.1 Å². The summed E-state index contributed by atoms with van der Waals surface area (Å²) in [7, 11) is 0. The monoisotopic (exact) mass is 420 g/mol. The van der Waals surface area contributed by atoms with E-state index in [2.05, 4.69) is 5.32 Å². The van der Waals surface area contributed by atoms with Gasteiger partial charge in [-0.1, -0.05) is 54.1 Å². The van der Waals surface area contributed by atoms with Crippen molar-refractivity contribution < 1.29 is 14.0 Å². The van der Waals surface area contributed by atoms with Crippen molar-refractivity contribution in [2.24, 2.45) is 0 Å². The summed E-state index contributed by atoms with van der Waals surface area (Å²) in [5, 5.41) is 2.81. The van der Waals surface area contributed by atoms with Gasteiger partial charge in [-0.25, -0.2) is 4.39 Å². The molecule has 3 aromatic rings. The summed E-state index contributed by atoms with van der Waals surface area (Å²) in [6.45, 7) is 0.557. The molecule has 0 saturated heterocycles. The molecule has 0 saturated carbocycles. The zero-order chi connectivity index (χ0) is 20.8. The third-order valence-corrected chi connectivity index (χ3v) is 6.19. The molecule has 2 aliphatic heterocycles. The Morgan fingerprint density at radius 1 is 1.03 bits per heavy atom. The second-order valence-electron chi connectivity index (χ2n) is 7.58. The number of amides is 2. The molecule has 0 unspecified atom stereocenters. The first-order chi connectivity index (χ1) is 14.5. The van der Waals surface area contributed by atoms with Crippen molar-refractivity contribution in [2.45, 2.75) is 18.4 Å². The van der Waals surface area contributed by atoms with Crippen molar-refractivity contribution in [3.8, 4) is 0 Å². The Hall–Kier alpha value is -3.18. The minimum atomic E-state index is -0.593. The number of carbonyl (C=O) groups is 2. The highest BCUT2D eigenvalue weighted by Gasteiger charge is 2.46. The average Bonchev–Trinajstić information content (AvgIpc) is 2.76. The number of fused-ring (bicyclic) bond motifs is 4. The molecule has 1 N–H and O–H groups in total. The predicted octanol–water partition coefficient (Wildman–Crippen LogP) is 4.95. The highest BCUT2D eigenvalue weighted by Crippen LogP contribution is 2.46. The van der Waals surface area contributed by atoms with E-state index in [4.69, 9.17) is 11.6 Å². The van der Waals surface area contributed by atoms with Crippen molar-refractivity contribution in [3.05, 3.63) is 99.8 Å². The molecule has 30 heavy (non-hydrogen) atoms. The molecule has 0 fully saturated rings. The zero-order valence-electron chi connectivity index (χ0n) is 15.9. The van der Waals surface area contributed by atoms with Gasteiger partial charge in [0.25, 0.3) is 5.91 Å². The minimum Gasteiger partial charge on any atom is -0.330 e. The SMILES string of the molecule is O=C(Nc1ccc(F)c(Cl)c1)[C@H]1c2ccccc2C(=O)N2CCc3ccccc3[C@H]12. The van der Waals surface area contributed by atoms with Crippen LogP contribution in [0.5, 0.6) is 0 Å². The van der Waals surface area contributed by atoms with Crippen molar-refractivity contribution in [1.29, 1.82) is 0 Å². The van der Waals surface area contributed by atoms with E-state index in [0.717, 1.165) is 17.5 Å². The first-order valence-electron chi connectivity index (χ1n) is 9.78. The van der Waals surface area contributed by atoms with Crippen LogP contribution in [0, 0.1) is 5.82 Å². The molecular weight excluding hydrogens is 403 g/mol. The maximum Gasteiger partial charge on any atom is 0.254 e.